The molecule has 3 nitrogen and oxygen atoms in total. The summed E-state index contributed by atoms with van der Waals surface area (Å²) in [6.07, 6.45) is 3.82. The number of hydrogen-bond acceptors (Lipinski definition) is 3. The third-order valence-electron chi connectivity index (χ3n) is 4.04. The van der Waals surface area contributed by atoms with Crippen LogP contribution in [0.1, 0.15) is 43.2 Å². The van der Waals surface area contributed by atoms with Crippen LogP contribution in [0.4, 0.5) is 0 Å². The average Bonchev–Trinajstić information content (AvgIpc) is 2.33. The number of benzene rings is 1. The van der Waals surface area contributed by atoms with Gasteiger partial charge >= 0.3 is 0 Å². The summed E-state index contributed by atoms with van der Waals surface area (Å²) in [6, 6.07) is 8.32. The Hall–Kier alpha value is -0.900. The van der Waals surface area contributed by atoms with E-state index in [1.165, 1.54) is 24.8 Å². The molecule has 1 aromatic rings. The van der Waals surface area contributed by atoms with Gasteiger partial charge < -0.3 is 15.2 Å². The Bertz CT molecular complexity index is 399. The molecule has 106 valence electrons. The van der Waals surface area contributed by atoms with Gasteiger partial charge in [-0.25, -0.2) is 0 Å². The van der Waals surface area contributed by atoms with Crippen molar-refractivity contribution < 1.29 is 9.84 Å². The van der Waals surface area contributed by atoms with E-state index in [2.05, 4.69) is 23.5 Å². The first-order valence-corrected chi connectivity index (χ1v) is 7.16. The van der Waals surface area contributed by atoms with Crippen molar-refractivity contribution in [3.8, 4) is 0 Å². The summed E-state index contributed by atoms with van der Waals surface area (Å²) in [5.74, 6) is 0.640. The van der Waals surface area contributed by atoms with Crippen molar-refractivity contribution in [1.29, 1.82) is 0 Å². The lowest BCUT2D eigenvalue weighted by Crippen LogP contribution is -2.38. The zero-order valence-corrected chi connectivity index (χ0v) is 12.0. The molecule has 1 aromatic carbocycles. The summed E-state index contributed by atoms with van der Waals surface area (Å²) in [7, 11) is 1.69. The molecule has 0 aliphatic heterocycles. The molecule has 1 saturated carbocycles. The quantitative estimate of drug-likeness (QED) is 0.742. The average molecular weight is 263 g/mol. The maximum Gasteiger partial charge on any atom is 0.0995 e. The van der Waals surface area contributed by atoms with Gasteiger partial charge in [-0.1, -0.05) is 30.7 Å². The van der Waals surface area contributed by atoms with Crippen molar-refractivity contribution >= 4 is 0 Å². The topological polar surface area (TPSA) is 41.5 Å². The minimum atomic E-state index is -0.820. The van der Waals surface area contributed by atoms with Crippen molar-refractivity contribution in [3.05, 3.63) is 35.4 Å². The van der Waals surface area contributed by atoms with Crippen LogP contribution in [-0.2, 0) is 10.3 Å². The van der Waals surface area contributed by atoms with Gasteiger partial charge in [0.15, 0.2) is 0 Å². The van der Waals surface area contributed by atoms with Crippen molar-refractivity contribution in [2.75, 3.05) is 26.8 Å². The highest BCUT2D eigenvalue weighted by Gasteiger charge is 2.30. The highest BCUT2D eigenvalue weighted by molar-refractivity contribution is 5.36. The predicted molar refractivity (Wildman–Crippen MR) is 77.4 cm³/mol. The molecule has 0 aromatic heterocycles. The molecule has 0 spiro atoms. The number of rotatable bonds is 7. The molecular weight excluding hydrogens is 238 g/mol. The Morgan fingerprint density at radius 2 is 2.11 bits per heavy atom. The fraction of sp³-hybridized carbons (Fsp3) is 0.625. The Kier molecular flexibility index (Phi) is 4.97. The highest BCUT2D eigenvalue weighted by Crippen LogP contribution is 2.40. The second-order valence-electron chi connectivity index (χ2n) is 5.66. The molecule has 0 saturated heterocycles. The number of hydrogen-bond donors (Lipinski definition) is 2. The minimum Gasteiger partial charge on any atom is -0.384 e. The summed E-state index contributed by atoms with van der Waals surface area (Å²) in [4.78, 5) is 0. The number of nitrogens with one attached hydrogen (secondary N) is 1. The Morgan fingerprint density at radius 3 is 2.74 bits per heavy atom. The summed E-state index contributed by atoms with van der Waals surface area (Å²) in [6.45, 7) is 3.88. The van der Waals surface area contributed by atoms with Crippen LogP contribution >= 0.6 is 0 Å². The predicted octanol–water partition coefficient (Wildman–Crippen LogP) is 2.40. The molecule has 1 aliphatic carbocycles. The van der Waals surface area contributed by atoms with Crippen LogP contribution in [0, 0.1) is 0 Å². The van der Waals surface area contributed by atoms with E-state index in [4.69, 9.17) is 4.74 Å². The lowest BCUT2D eigenvalue weighted by Gasteiger charge is -2.33. The molecule has 0 heterocycles. The summed E-state index contributed by atoms with van der Waals surface area (Å²) < 4.78 is 5.01. The Labute approximate surface area is 116 Å². The molecule has 0 radical (unpaired) electrons. The van der Waals surface area contributed by atoms with Crippen molar-refractivity contribution in [2.45, 2.75) is 37.7 Å². The normalized spacial score (nSPS) is 18.9. The van der Waals surface area contributed by atoms with Gasteiger partial charge in [-0.2, -0.15) is 0 Å². The molecule has 0 amide bonds. The molecule has 1 unspecified atom stereocenters. The van der Waals surface area contributed by atoms with Crippen molar-refractivity contribution in [2.24, 2.45) is 0 Å². The van der Waals surface area contributed by atoms with E-state index in [0.29, 0.717) is 19.1 Å². The third kappa shape index (κ3) is 3.56. The number of methoxy groups -OCH3 is 1. The standard InChI is InChI=1S/C16H25NO2/c1-16(18,12-17-10-11-19-2)15-9-4-3-8-14(15)13-6-5-7-13/h3-4,8-9,13,17-18H,5-7,10-12H2,1-2H3. The highest BCUT2D eigenvalue weighted by atomic mass is 16.5. The van der Waals surface area contributed by atoms with Crippen LogP contribution in [0.5, 0.6) is 0 Å². The van der Waals surface area contributed by atoms with Crippen LogP contribution in [0.25, 0.3) is 0 Å². The van der Waals surface area contributed by atoms with Crippen molar-refractivity contribution in [1.82, 2.24) is 5.32 Å². The van der Waals surface area contributed by atoms with E-state index in [1.807, 2.05) is 13.0 Å². The number of ether oxygens (including phenoxy) is 1. The lowest BCUT2D eigenvalue weighted by atomic mass is 9.75. The molecular formula is C16H25NO2. The van der Waals surface area contributed by atoms with Crippen LogP contribution in [0.2, 0.25) is 0 Å². The first-order chi connectivity index (χ1) is 9.15. The first kappa shape index (κ1) is 14.5. The van der Waals surface area contributed by atoms with E-state index in [-0.39, 0.29) is 0 Å². The first-order valence-electron chi connectivity index (χ1n) is 7.16. The molecule has 1 fully saturated rings. The summed E-state index contributed by atoms with van der Waals surface area (Å²) in [5.41, 5.74) is 1.58. The van der Waals surface area contributed by atoms with Crippen LogP contribution < -0.4 is 5.32 Å². The van der Waals surface area contributed by atoms with E-state index in [1.54, 1.807) is 7.11 Å². The smallest absolute Gasteiger partial charge is 0.0995 e. The molecule has 1 atom stereocenters. The van der Waals surface area contributed by atoms with E-state index in [9.17, 15) is 5.11 Å². The number of aliphatic hydroxyl groups is 1. The molecule has 1 aliphatic rings. The molecule has 3 heteroatoms. The van der Waals surface area contributed by atoms with Gasteiger partial charge in [-0.05, 0) is 36.8 Å². The minimum absolute atomic E-state index is 0.556. The van der Waals surface area contributed by atoms with Gasteiger partial charge in [0, 0.05) is 20.2 Å². The molecule has 0 bridgehead atoms. The Morgan fingerprint density at radius 1 is 1.37 bits per heavy atom. The SMILES string of the molecule is COCCNCC(C)(O)c1ccccc1C1CCC1. The second kappa shape index (κ2) is 6.51. The summed E-state index contributed by atoms with van der Waals surface area (Å²) in [5, 5.41) is 14.0. The fourth-order valence-corrected chi connectivity index (χ4v) is 2.66. The largest absolute Gasteiger partial charge is 0.384 e. The van der Waals surface area contributed by atoms with E-state index in [0.717, 1.165) is 12.1 Å². The lowest BCUT2D eigenvalue weighted by molar-refractivity contribution is 0.0532. The monoisotopic (exact) mass is 263 g/mol. The van der Waals surface area contributed by atoms with Crippen LogP contribution in [0.3, 0.4) is 0 Å². The van der Waals surface area contributed by atoms with Crippen LogP contribution in [0.15, 0.2) is 24.3 Å². The molecule has 19 heavy (non-hydrogen) atoms. The zero-order chi connectivity index (χ0) is 13.7. The Balaban J connectivity index is 2.05. The zero-order valence-electron chi connectivity index (χ0n) is 12.0. The van der Waals surface area contributed by atoms with Gasteiger partial charge in [0.2, 0.25) is 0 Å². The third-order valence-corrected chi connectivity index (χ3v) is 4.04. The maximum atomic E-state index is 10.7. The fourth-order valence-electron chi connectivity index (χ4n) is 2.66. The maximum absolute atomic E-state index is 10.7. The second-order valence-corrected chi connectivity index (χ2v) is 5.66. The van der Waals surface area contributed by atoms with Gasteiger partial charge in [0.1, 0.15) is 0 Å². The van der Waals surface area contributed by atoms with Crippen molar-refractivity contribution in [3.63, 3.8) is 0 Å². The van der Waals surface area contributed by atoms with Gasteiger partial charge in [0.25, 0.3) is 0 Å². The van der Waals surface area contributed by atoms with Gasteiger partial charge in [0.05, 0.1) is 12.2 Å². The molecule has 2 N–H and O–H groups in total. The van der Waals surface area contributed by atoms with E-state index < -0.39 is 5.60 Å². The van der Waals surface area contributed by atoms with E-state index >= 15 is 0 Å². The van der Waals surface area contributed by atoms with Gasteiger partial charge in [-0.15, -0.1) is 0 Å². The summed E-state index contributed by atoms with van der Waals surface area (Å²) >= 11 is 0. The van der Waals surface area contributed by atoms with Crippen LogP contribution in [-0.4, -0.2) is 31.9 Å². The van der Waals surface area contributed by atoms with Gasteiger partial charge in [-0.3, -0.25) is 0 Å². The molecule has 2 rings (SSSR count).